The number of carbonyl (C=O) groups excluding carboxylic acids is 2. The highest BCUT2D eigenvalue weighted by atomic mass is 19.1. The minimum Gasteiger partial charge on any atom is -0.348 e. The molecule has 168 valence electrons. The molecule has 1 fully saturated rings. The highest BCUT2D eigenvalue weighted by Crippen LogP contribution is 2.30. The molecular weight excluding hydrogens is 421 g/mol. The van der Waals surface area contributed by atoms with E-state index in [0.717, 1.165) is 18.4 Å². The van der Waals surface area contributed by atoms with Gasteiger partial charge in [-0.3, -0.25) is 9.59 Å². The van der Waals surface area contributed by atoms with Gasteiger partial charge >= 0.3 is 0 Å². The van der Waals surface area contributed by atoms with Crippen LogP contribution in [-0.2, 0) is 16.1 Å². The van der Waals surface area contributed by atoms with Crippen LogP contribution in [0.4, 0.5) is 10.2 Å². The van der Waals surface area contributed by atoms with Crippen molar-refractivity contribution in [2.75, 3.05) is 5.32 Å². The van der Waals surface area contributed by atoms with Gasteiger partial charge in [0.15, 0.2) is 0 Å². The monoisotopic (exact) mass is 445 g/mol. The van der Waals surface area contributed by atoms with Gasteiger partial charge in [-0.2, -0.15) is 5.10 Å². The van der Waals surface area contributed by atoms with Crippen molar-refractivity contribution < 1.29 is 14.0 Å². The molecule has 2 heterocycles. The fourth-order valence-corrected chi connectivity index (χ4v) is 3.41. The van der Waals surface area contributed by atoms with Gasteiger partial charge in [-0.15, -0.1) is 0 Å². The smallest absolute Gasteiger partial charge is 0.251 e. The Balaban J connectivity index is 1.44. The summed E-state index contributed by atoms with van der Waals surface area (Å²) in [5.74, 6) is -0.00342. The molecule has 33 heavy (non-hydrogen) atoms. The molecule has 4 rings (SSSR count). The Labute approximate surface area is 191 Å². The highest BCUT2D eigenvalue weighted by molar-refractivity contribution is 6.20. The van der Waals surface area contributed by atoms with E-state index in [-0.39, 0.29) is 30.1 Å². The number of carbonyl (C=O) groups is 2. The van der Waals surface area contributed by atoms with Gasteiger partial charge in [0.05, 0.1) is 17.6 Å². The van der Waals surface area contributed by atoms with Crippen LogP contribution >= 0.6 is 0 Å². The van der Waals surface area contributed by atoms with Crippen LogP contribution in [0, 0.1) is 11.7 Å². The van der Waals surface area contributed by atoms with Crippen LogP contribution < -0.4 is 10.6 Å². The van der Waals surface area contributed by atoms with Crippen LogP contribution in [-0.4, -0.2) is 26.6 Å². The Hall–Kier alpha value is -4.07. The topological polar surface area (TPSA) is 88.9 Å². The Morgan fingerprint density at radius 2 is 1.94 bits per heavy atom. The minimum atomic E-state index is -0.340. The van der Waals surface area contributed by atoms with E-state index in [2.05, 4.69) is 27.3 Å². The number of nitrogens with zero attached hydrogens (tertiary/aromatic N) is 3. The summed E-state index contributed by atoms with van der Waals surface area (Å²) < 4.78 is 14.9. The average molecular weight is 445 g/mol. The van der Waals surface area contributed by atoms with Crippen molar-refractivity contribution >= 4 is 29.3 Å². The summed E-state index contributed by atoms with van der Waals surface area (Å²) in [4.78, 5) is 29.0. The molecule has 0 aliphatic heterocycles. The molecule has 1 aliphatic rings. The molecule has 0 atom stereocenters. The van der Waals surface area contributed by atoms with Gasteiger partial charge in [0, 0.05) is 29.8 Å². The first kappa shape index (κ1) is 22.1. The third kappa shape index (κ3) is 5.06. The van der Waals surface area contributed by atoms with Crippen LogP contribution in [0.5, 0.6) is 0 Å². The van der Waals surface area contributed by atoms with E-state index in [1.54, 1.807) is 54.4 Å². The predicted molar refractivity (Wildman–Crippen MR) is 125 cm³/mol. The summed E-state index contributed by atoms with van der Waals surface area (Å²) in [5, 5.41) is 10.0. The van der Waals surface area contributed by atoms with Crippen LogP contribution in [0.25, 0.3) is 17.3 Å². The molecule has 8 heteroatoms. The quantitative estimate of drug-likeness (QED) is 0.511. The summed E-state index contributed by atoms with van der Waals surface area (Å²) in [5.41, 5.74) is 3.15. The number of aromatic nitrogens is 3. The van der Waals surface area contributed by atoms with Crippen molar-refractivity contribution in [2.45, 2.75) is 26.3 Å². The van der Waals surface area contributed by atoms with Gasteiger partial charge in [-0.1, -0.05) is 18.7 Å². The zero-order valence-corrected chi connectivity index (χ0v) is 18.2. The van der Waals surface area contributed by atoms with Gasteiger partial charge in [-0.25, -0.2) is 14.1 Å². The molecule has 0 spiro atoms. The first-order valence-corrected chi connectivity index (χ1v) is 10.7. The Bertz CT molecular complexity index is 1210. The van der Waals surface area contributed by atoms with Crippen LogP contribution in [0.3, 0.4) is 0 Å². The lowest BCUT2D eigenvalue weighted by Gasteiger charge is -2.10. The van der Waals surface area contributed by atoms with E-state index >= 15 is 0 Å². The summed E-state index contributed by atoms with van der Waals surface area (Å²) in [6.07, 6.45) is 8.40. The van der Waals surface area contributed by atoms with Crippen LogP contribution in [0.1, 0.15) is 36.6 Å². The van der Waals surface area contributed by atoms with Crippen LogP contribution in [0.2, 0.25) is 0 Å². The molecule has 0 saturated heterocycles. The number of hydrogen-bond donors (Lipinski definition) is 2. The maximum atomic E-state index is 13.3. The summed E-state index contributed by atoms with van der Waals surface area (Å²) in [6.45, 7) is 5.90. The lowest BCUT2D eigenvalue weighted by molar-refractivity contribution is -0.117. The zero-order valence-electron chi connectivity index (χ0n) is 18.2. The van der Waals surface area contributed by atoms with Crippen LogP contribution in [0.15, 0.2) is 61.4 Å². The fraction of sp³-hybridized carbons (Fsp3) is 0.200. The lowest BCUT2D eigenvalue weighted by atomic mass is 10.1. The summed E-state index contributed by atoms with van der Waals surface area (Å²) >= 11 is 0. The molecule has 0 bridgehead atoms. The van der Waals surface area contributed by atoms with Crippen molar-refractivity contribution in [2.24, 2.45) is 5.92 Å². The van der Waals surface area contributed by atoms with Crippen molar-refractivity contribution in [3.63, 3.8) is 0 Å². The standard InChI is InChI=1S/C25H24FN5O2/c1-3-20(21-15-29-31(22(21)4-2)19-10-8-18(26)9-11-19)25(33)28-14-16-5-12-23(27-13-16)30-24(32)17-6-7-17/h3-5,8-13,15,17H,2,6-7,14H2,1H3,(H,28,33)(H,27,30,32)/b20-3+. The molecule has 1 aliphatic carbocycles. The number of halogens is 1. The third-order valence-corrected chi connectivity index (χ3v) is 5.37. The SMILES string of the molecule is C=Cc1c(/C(=C\C)C(=O)NCc2ccc(NC(=O)C3CC3)nc2)cnn1-c1ccc(F)cc1. The summed E-state index contributed by atoms with van der Waals surface area (Å²) in [6, 6.07) is 9.46. The van der Waals surface area contributed by atoms with E-state index < -0.39 is 0 Å². The number of hydrogen-bond acceptors (Lipinski definition) is 4. The molecule has 7 nitrogen and oxygen atoms in total. The van der Waals surface area contributed by atoms with Crippen molar-refractivity contribution in [1.82, 2.24) is 20.1 Å². The molecule has 1 aromatic carbocycles. The molecule has 0 unspecified atom stereocenters. The Kier molecular flexibility index (Phi) is 6.44. The van der Waals surface area contributed by atoms with E-state index in [4.69, 9.17) is 0 Å². The number of pyridine rings is 1. The first-order valence-electron chi connectivity index (χ1n) is 10.7. The molecule has 2 N–H and O–H groups in total. The van der Waals surface area contributed by atoms with E-state index in [1.807, 2.05) is 6.07 Å². The lowest BCUT2D eigenvalue weighted by Crippen LogP contribution is -2.24. The molecular formula is C25H24FN5O2. The minimum absolute atomic E-state index is 0.000448. The van der Waals surface area contributed by atoms with Gasteiger partial charge in [-0.05, 0) is 61.7 Å². The van der Waals surface area contributed by atoms with Crippen molar-refractivity contribution in [3.8, 4) is 5.69 Å². The third-order valence-electron chi connectivity index (χ3n) is 5.37. The first-order chi connectivity index (χ1) is 16.0. The molecule has 2 amide bonds. The fourth-order valence-electron chi connectivity index (χ4n) is 3.41. The molecule has 0 radical (unpaired) electrons. The Morgan fingerprint density at radius 3 is 2.55 bits per heavy atom. The number of anilines is 1. The number of benzene rings is 1. The largest absolute Gasteiger partial charge is 0.348 e. The van der Waals surface area contributed by atoms with Gasteiger partial charge in [0.25, 0.3) is 5.91 Å². The second-order valence-electron chi connectivity index (χ2n) is 7.74. The number of rotatable bonds is 8. The van der Waals surface area contributed by atoms with Gasteiger partial charge in [0.2, 0.25) is 5.91 Å². The van der Waals surface area contributed by atoms with Crippen molar-refractivity contribution in [3.05, 3.63) is 84.1 Å². The van der Waals surface area contributed by atoms with E-state index in [0.29, 0.717) is 28.3 Å². The number of allylic oxidation sites excluding steroid dienone is 1. The normalized spacial score (nSPS) is 13.5. The maximum Gasteiger partial charge on any atom is 0.251 e. The van der Waals surface area contributed by atoms with Gasteiger partial charge < -0.3 is 10.6 Å². The van der Waals surface area contributed by atoms with Gasteiger partial charge in [0.1, 0.15) is 11.6 Å². The summed E-state index contributed by atoms with van der Waals surface area (Å²) in [7, 11) is 0. The zero-order chi connectivity index (χ0) is 23.4. The predicted octanol–water partition coefficient (Wildman–Crippen LogP) is 4.12. The molecule has 1 saturated carbocycles. The van der Waals surface area contributed by atoms with E-state index in [9.17, 15) is 14.0 Å². The number of nitrogens with one attached hydrogen (secondary N) is 2. The second-order valence-corrected chi connectivity index (χ2v) is 7.74. The Morgan fingerprint density at radius 1 is 1.18 bits per heavy atom. The number of amides is 2. The highest BCUT2D eigenvalue weighted by Gasteiger charge is 2.29. The maximum absolute atomic E-state index is 13.3. The molecule has 3 aromatic rings. The van der Waals surface area contributed by atoms with E-state index in [1.165, 1.54) is 12.1 Å². The van der Waals surface area contributed by atoms with Crippen molar-refractivity contribution in [1.29, 1.82) is 0 Å². The second kappa shape index (κ2) is 9.60. The average Bonchev–Trinajstić information content (AvgIpc) is 3.60. The molecule has 2 aromatic heterocycles.